The number of halogens is 3. The van der Waals surface area contributed by atoms with Crippen LogP contribution < -0.4 is 0 Å². The zero-order valence-corrected chi connectivity index (χ0v) is 14.3. The van der Waals surface area contributed by atoms with Gasteiger partial charge in [0.25, 0.3) is 0 Å². The SMILES string of the molecule is COC(OCC(C)S)C1CCC(c2cc(F)c(F)c(F)c2)CC1. The predicted molar refractivity (Wildman–Crippen MR) is 86.2 cm³/mol. The fourth-order valence-corrected chi connectivity index (χ4v) is 3.25. The molecular formula is C17H23F3O2S. The van der Waals surface area contributed by atoms with Gasteiger partial charge in [-0.2, -0.15) is 12.6 Å². The number of ether oxygens (including phenoxy) is 2. The molecule has 130 valence electrons. The molecule has 1 aromatic carbocycles. The van der Waals surface area contributed by atoms with Gasteiger partial charge in [-0.3, -0.25) is 0 Å². The van der Waals surface area contributed by atoms with Crippen molar-refractivity contribution in [3.8, 4) is 0 Å². The van der Waals surface area contributed by atoms with Crippen molar-refractivity contribution in [2.24, 2.45) is 5.92 Å². The van der Waals surface area contributed by atoms with E-state index in [9.17, 15) is 13.2 Å². The molecule has 1 aliphatic rings. The molecule has 0 radical (unpaired) electrons. The molecule has 2 unspecified atom stereocenters. The molecule has 1 fully saturated rings. The number of rotatable bonds is 6. The van der Waals surface area contributed by atoms with Crippen LogP contribution in [0.2, 0.25) is 0 Å². The molecule has 0 heterocycles. The van der Waals surface area contributed by atoms with Crippen LogP contribution in [0.3, 0.4) is 0 Å². The number of hydrogen-bond acceptors (Lipinski definition) is 3. The molecule has 1 aliphatic carbocycles. The van der Waals surface area contributed by atoms with Crippen molar-refractivity contribution in [3.05, 3.63) is 35.1 Å². The second kappa shape index (κ2) is 8.40. The standard InChI is InChI=1S/C17H23F3O2S/c1-10(23)9-22-17(21-2)12-5-3-11(4-6-12)13-7-14(18)16(20)15(19)8-13/h7-8,10-12,17,23H,3-6,9H2,1-2H3. The summed E-state index contributed by atoms with van der Waals surface area (Å²) >= 11 is 4.28. The average molecular weight is 348 g/mol. The summed E-state index contributed by atoms with van der Waals surface area (Å²) in [6, 6.07) is 2.21. The largest absolute Gasteiger partial charge is 0.356 e. The Balaban J connectivity index is 1.95. The average Bonchev–Trinajstić information content (AvgIpc) is 2.53. The van der Waals surface area contributed by atoms with Crippen molar-refractivity contribution < 1.29 is 22.6 Å². The highest BCUT2D eigenvalue weighted by Gasteiger charge is 2.30. The second-order valence-corrected chi connectivity index (χ2v) is 7.08. The normalized spacial score (nSPS) is 24.4. The van der Waals surface area contributed by atoms with Gasteiger partial charge in [0.05, 0.1) is 6.61 Å². The lowest BCUT2D eigenvalue weighted by Gasteiger charge is -2.33. The minimum atomic E-state index is -1.41. The van der Waals surface area contributed by atoms with Crippen LogP contribution in [0.1, 0.15) is 44.1 Å². The van der Waals surface area contributed by atoms with Gasteiger partial charge in [0.15, 0.2) is 23.7 Å². The number of hydrogen-bond donors (Lipinski definition) is 1. The highest BCUT2D eigenvalue weighted by atomic mass is 32.1. The zero-order chi connectivity index (χ0) is 17.0. The first-order valence-corrected chi connectivity index (χ1v) is 8.41. The van der Waals surface area contributed by atoms with Gasteiger partial charge >= 0.3 is 0 Å². The molecular weight excluding hydrogens is 325 g/mol. The first kappa shape index (κ1) is 18.6. The molecule has 1 aromatic rings. The van der Waals surface area contributed by atoms with Crippen LogP contribution in [-0.2, 0) is 9.47 Å². The van der Waals surface area contributed by atoms with Crippen molar-refractivity contribution in [2.75, 3.05) is 13.7 Å². The van der Waals surface area contributed by atoms with Crippen molar-refractivity contribution in [1.29, 1.82) is 0 Å². The molecule has 0 aliphatic heterocycles. The molecule has 0 aromatic heterocycles. The second-order valence-electron chi connectivity index (χ2n) is 6.20. The fourth-order valence-electron chi connectivity index (χ4n) is 3.17. The van der Waals surface area contributed by atoms with Gasteiger partial charge in [0.1, 0.15) is 0 Å². The molecule has 23 heavy (non-hydrogen) atoms. The Bertz CT molecular complexity index is 494. The summed E-state index contributed by atoms with van der Waals surface area (Å²) in [4.78, 5) is 0. The van der Waals surface area contributed by atoms with Crippen LogP contribution in [-0.4, -0.2) is 25.3 Å². The third-order valence-electron chi connectivity index (χ3n) is 4.37. The van der Waals surface area contributed by atoms with E-state index < -0.39 is 17.5 Å². The minimum absolute atomic E-state index is 0.0390. The van der Waals surface area contributed by atoms with Crippen LogP contribution in [0.5, 0.6) is 0 Å². The van der Waals surface area contributed by atoms with Gasteiger partial charge in [-0.05, 0) is 49.3 Å². The van der Waals surface area contributed by atoms with E-state index >= 15 is 0 Å². The molecule has 0 saturated heterocycles. The van der Waals surface area contributed by atoms with E-state index in [1.807, 2.05) is 6.92 Å². The van der Waals surface area contributed by atoms with E-state index in [-0.39, 0.29) is 23.4 Å². The van der Waals surface area contributed by atoms with E-state index in [0.29, 0.717) is 12.2 Å². The van der Waals surface area contributed by atoms with E-state index in [1.165, 1.54) is 0 Å². The third kappa shape index (κ3) is 4.88. The van der Waals surface area contributed by atoms with E-state index in [2.05, 4.69) is 12.6 Å². The molecule has 2 atom stereocenters. The highest BCUT2D eigenvalue weighted by molar-refractivity contribution is 7.80. The van der Waals surface area contributed by atoms with Gasteiger partial charge < -0.3 is 9.47 Å². The number of thiol groups is 1. The van der Waals surface area contributed by atoms with Crippen LogP contribution in [0.25, 0.3) is 0 Å². The van der Waals surface area contributed by atoms with Crippen molar-refractivity contribution in [1.82, 2.24) is 0 Å². The van der Waals surface area contributed by atoms with Gasteiger partial charge in [-0.25, -0.2) is 13.2 Å². The quantitative estimate of drug-likeness (QED) is 0.457. The van der Waals surface area contributed by atoms with E-state index in [4.69, 9.17) is 9.47 Å². The topological polar surface area (TPSA) is 18.5 Å². The van der Waals surface area contributed by atoms with E-state index in [1.54, 1.807) is 7.11 Å². The fraction of sp³-hybridized carbons (Fsp3) is 0.647. The molecule has 0 N–H and O–H groups in total. The van der Waals surface area contributed by atoms with Crippen molar-refractivity contribution in [2.45, 2.75) is 50.1 Å². The van der Waals surface area contributed by atoms with Gasteiger partial charge in [-0.1, -0.05) is 6.92 Å². The maximum Gasteiger partial charge on any atom is 0.194 e. The Morgan fingerprint density at radius 3 is 2.17 bits per heavy atom. The summed E-state index contributed by atoms with van der Waals surface area (Å²) in [6.45, 7) is 2.46. The first-order valence-electron chi connectivity index (χ1n) is 7.89. The third-order valence-corrected chi connectivity index (χ3v) is 4.52. The monoisotopic (exact) mass is 348 g/mol. The molecule has 2 nitrogen and oxygen atoms in total. The summed E-state index contributed by atoms with van der Waals surface area (Å²) in [7, 11) is 1.62. The van der Waals surface area contributed by atoms with Crippen LogP contribution >= 0.6 is 12.6 Å². The maximum absolute atomic E-state index is 13.4. The Morgan fingerprint density at radius 2 is 1.70 bits per heavy atom. The molecule has 0 spiro atoms. The predicted octanol–water partition coefficient (Wildman–Crippen LogP) is 4.69. The van der Waals surface area contributed by atoms with Crippen LogP contribution in [0.4, 0.5) is 13.2 Å². The summed E-state index contributed by atoms with van der Waals surface area (Å²) in [6.07, 6.45) is 2.94. The molecule has 6 heteroatoms. The lowest BCUT2D eigenvalue weighted by atomic mass is 9.78. The lowest BCUT2D eigenvalue weighted by Crippen LogP contribution is -2.31. The van der Waals surface area contributed by atoms with Gasteiger partial charge in [0.2, 0.25) is 0 Å². The number of benzene rings is 1. The minimum Gasteiger partial charge on any atom is -0.356 e. The molecule has 0 amide bonds. The van der Waals surface area contributed by atoms with Crippen LogP contribution in [0, 0.1) is 23.4 Å². The van der Waals surface area contributed by atoms with Crippen molar-refractivity contribution >= 4 is 12.6 Å². The lowest BCUT2D eigenvalue weighted by molar-refractivity contribution is -0.161. The Hall–Kier alpha value is -0.720. The van der Waals surface area contributed by atoms with Gasteiger partial charge in [-0.15, -0.1) is 0 Å². The zero-order valence-electron chi connectivity index (χ0n) is 13.4. The number of methoxy groups -OCH3 is 1. The van der Waals surface area contributed by atoms with Crippen LogP contribution in [0.15, 0.2) is 12.1 Å². The smallest absolute Gasteiger partial charge is 0.194 e. The Labute approximate surface area is 140 Å². The van der Waals surface area contributed by atoms with Gasteiger partial charge in [0, 0.05) is 18.3 Å². The summed E-state index contributed by atoms with van der Waals surface area (Å²) in [5.74, 6) is -3.36. The first-order chi connectivity index (χ1) is 10.9. The molecule has 0 bridgehead atoms. The summed E-state index contributed by atoms with van der Waals surface area (Å²) < 4.78 is 50.9. The molecule has 2 rings (SSSR count). The van der Waals surface area contributed by atoms with E-state index in [0.717, 1.165) is 37.8 Å². The maximum atomic E-state index is 13.4. The van der Waals surface area contributed by atoms with Crippen molar-refractivity contribution in [3.63, 3.8) is 0 Å². The summed E-state index contributed by atoms with van der Waals surface area (Å²) in [5.41, 5.74) is 0.527. The Morgan fingerprint density at radius 1 is 1.13 bits per heavy atom. The summed E-state index contributed by atoms with van der Waals surface area (Å²) in [5, 5.41) is 0.133. The molecule has 1 saturated carbocycles. The Kier molecular flexibility index (Phi) is 6.80. The highest BCUT2D eigenvalue weighted by Crippen LogP contribution is 2.38.